The van der Waals surface area contributed by atoms with E-state index in [1.54, 1.807) is 0 Å². The third kappa shape index (κ3) is 1.88. The summed E-state index contributed by atoms with van der Waals surface area (Å²) >= 11 is 0. The molecule has 1 aliphatic carbocycles. The Bertz CT molecular complexity index is 1050. The first-order valence-electron chi connectivity index (χ1n) is 8.30. The van der Waals surface area contributed by atoms with Gasteiger partial charge in [0.2, 0.25) is 0 Å². The van der Waals surface area contributed by atoms with Crippen LogP contribution in [0.5, 0.6) is 0 Å². The third-order valence-corrected chi connectivity index (χ3v) is 4.88. The van der Waals surface area contributed by atoms with Crippen molar-refractivity contribution in [2.75, 3.05) is 5.32 Å². The Morgan fingerprint density at radius 2 is 1.25 bits per heavy atom. The fourth-order valence-corrected chi connectivity index (χ4v) is 3.71. The number of anilines is 2. The molecule has 0 saturated heterocycles. The normalized spacial score (nSPS) is 11.5. The Morgan fingerprint density at radius 1 is 0.583 bits per heavy atom. The van der Waals surface area contributed by atoms with E-state index in [-0.39, 0.29) is 0 Å². The van der Waals surface area contributed by atoms with Crippen LogP contribution in [0, 0.1) is 6.92 Å². The average Bonchev–Trinajstić information content (AvgIpc) is 2.95. The van der Waals surface area contributed by atoms with Crippen LogP contribution in [0.25, 0.3) is 33.0 Å². The van der Waals surface area contributed by atoms with Crippen molar-refractivity contribution in [2.45, 2.75) is 6.92 Å². The fourth-order valence-electron chi connectivity index (χ4n) is 3.71. The van der Waals surface area contributed by atoms with E-state index in [1.807, 2.05) is 0 Å². The Balaban J connectivity index is 1.71. The van der Waals surface area contributed by atoms with E-state index < -0.39 is 0 Å². The van der Waals surface area contributed by atoms with Crippen molar-refractivity contribution >= 4 is 22.1 Å². The molecule has 0 unspecified atom stereocenters. The molecule has 0 fully saturated rings. The van der Waals surface area contributed by atoms with Crippen LogP contribution in [-0.2, 0) is 0 Å². The van der Waals surface area contributed by atoms with E-state index >= 15 is 0 Å². The number of benzene rings is 4. The number of hydrogen-bond acceptors (Lipinski definition) is 1. The van der Waals surface area contributed by atoms with Gasteiger partial charge in [0.05, 0.1) is 0 Å². The number of rotatable bonds is 2. The zero-order valence-electron chi connectivity index (χ0n) is 13.5. The second kappa shape index (κ2) is 4.97. The first-order chi connectivity index (χ1) is 11.8. The van der Waals surface area contributed by atoms with Crippen LogP contribution in [0.4, 0.5) is 11.4 Å². The molecule has 1 heteroatoms. The van der Waals surface area contributed by atoms with Gasteiger partial charge in [-0.1, -0.05) is 66.2 Å². The standard InChI is InChI=1S/C23H17N/c1-15-9-11-16(12-10-15)24-22-14-13-20-18-6-3-2-5-17(18)19-7-4-8-21(22)23(19)20/h2-14,24H,1H3. The van der Waals surface area contributed by atoms with E-state index in [4.69, 9.17) is 0 Å². The zero-order chi connectivity index (χ0) is 16.1. The van der Waals surface area contributed by atoms with Gasteiger partial charge in [0, 0.05) is 16.8 Å². The summed E-state index contributed by atoms with van der Waals surface area (Å²) in [6.07, 6.45) is 0. The summed E-state index contributed by atoms with van der Waals surface area (Å²) in [7, 11) is 0. The summed E-state index contributed by atoms with van der Waals surface area (Å²) in [6.45, 7) is 2.11. The molecule has 0 radical (unpaired) electrons. The van der Waals surface area contributed by atoms with Gasteiger partial charge in [-0.2, -0.15) is 0 Å². The maximum atomic E-state index is 3.58. The summed E-state index contributed by atoms with van der Waals surface area (Å²) < 4.78 is 0. The molecule has 1 aliphatic rings. The van der Waals surface area contributed by atoms with Crippen molar-refractivity contribution in [1.82, 2.24) is 0 Å². The molecule has 0 saturated carbocycles. The molecule has 114 valence electrons. The molecule has 0 atom stereocenters. The van der Waals surface area contributed by atoms with Crippen molar-refractivity contribution in [3.63, 3.8) is 0 Å². The zero-order valence-corrected chi connectivity index (χ0v) is 13.5. The van der Waals surface area contributed by atoms with Crippen LogP contribution in [0.2, 0.25) is 0 Å². The Kier molecular flexibility index (Phi) is 2.77. The van der Waals surface area contributed by atoms with Crippen molar-refractivity contribution in [3.05, 3.63) is 84.4 Å². The van der Waals surface area contributed by atoms with Gasteiger partial charge in [-0.25, -0.2) is 0 Å². The topological polar surface area (TPSA) is 12.0 Å². The predicted molar refractivity (Wildman–Crippen MR) is 103 cm³/mol. The van der Waals surface area contributed by atoms with Gasteiger partial charge < -0.3 is 5.32 Å². The van der Waals surface area contributed by atoms with Crippen LogP contribution < -0.4 is 5.32 Å². The molecule has 0 heterocycles. The minimum atomic E-state index is 1.12. The van der Waals surface area contributed by atoms with Gasteiger partial charge in [-0.15, -0.1) is 0 Å². The molecule has 24 heavy (non-hydrogen) atoms. The molecular formula is C23H17N. The SMILES string of the molecule is Cc1ccc(Nc2ccc3c4c(cccc24)-c2ccccc2-3)cc1. The highest BCUT2D eigenvalue weighted by molar-refractivity contribution is 6.18. The molecule has 0 amide bonds. The molecule has 1 N–H and O–H groups in total. The second-order valence-electron chi connectivity index (χ2n) is 6.43. The summed E-state index contributed by atoms with van der Waals surface area (Å²) in [5, 5.41) is 6.22. The number of aryl methyl sites for hydroxylation is 1. The Morgan fingerprint density at radius 3 is 2.00 bits per heavy atom. The summed E-state index contributed by atoms with van der Waals surface area (Å²) in [6, 6.07) is 28.3. The van der Waals surface area contributed by atoms with Crippen molar-refractivity contribution in [3.8, 4) is 22.3 Å². The lowest BCUT2D eigenvalue weighted by molar-refractivity contribution is 1.46. The molecular weight excluding hydrogens is 290 g/mol. The van der Waals surface area contributed by atoms with E-state index in [1.165, 1.54) is 38.6 Å². The third-order valence-electron chi connectivity index (χ3n) is 4.88. The number of fused-ring (bicyclic) bond motifs is 3. The minimum absolute atomic E-state index is 1.12. The molecule has 0 aliphatic heterocycles. The van der Waals surface area contributed by atoms with E-state index in [0.717, 1.165) is 11.4 Å². The highest BCUT2D eigenvalue weighted by Gasteiger charge is 2.21. The molecule has 4 aromatic rings. The Hall–Kier alpha value is -3.06. The van der Waals surface area contributed by atoms with Gasteiger partial charge >= 0.3 is 0 Å². The molecule has 4 aromatic carbocycles. The van der Waals surface area contributed by atoms with E-state index in [2.05, 4.69) is 91.1 Å². The predicted octanol–water partition coefficient (Wildman–Crippen LogP) is 6.54. The van der Waals surface area contributed by atoms with Crippen molar-refractivity contribution in [2.24, 2.45) is 0 Å². The largest absolute Gasteiger partial charge is 0.355 e. The average molecular weight is 307 g/mol. The first kappa shape index (κ1) is 13.4. The van der Waals surface area contributed by atoms with Gasteiger partial charge in [-0.3, -0.25) is 0 Å². The molecule has 0 aromatic heterocycles. The van der Waals surface area contributed by atoms with Gasteiger partial charge in [0.15, 0.2) is 0 Å². The highest BCUT2D eigenvalue weighted by atomic mass is 14.9. The van der Waals surface area contributed by atoms with Gasteiger partial charge in [0.25, 0.3) is 0 Å². The van der Waals surface area contributed by atoms with Crippen LogP contribution in [0.15, 0.2) is 78.9 Å². The number of nitrogens with one attached hydrogen (secondary N) is 1. The first-order valence-corrected chi connectivity index (χ1v) is 8.30. The van der Waals surface area contributed by atoms with Crippen LogP contribution in [-0.4, -0.2) is 0 Å². The van der Waals surface area contributed by atoms with Gasteiger partial charge in [0.1, 0.15) is 0 Å². The van der Waals surface area contributed by atoms with Crippen LogP contribution >= 0.6 is 0 Å². The summed E-state index contributed by atoms with van der Waals surface area (Å²) in [5.74, 6) is 0. The lowest BCUT2D eigenvalue weighted by atomic mass is 10.0. The van der Waals surface area contributed by atoms with Crippen LogP contribution in [0.1, 0.15) is 5.56 Å². The lowest BCUT2D eigenvalue weighted by Gasteiger charge is -2.12. The molecule has 1 nitrogen and oxygen atoms in total. The quantitative estimate of drug-likeness (QED) is 0.390. The summed E-state index contributed by atoms with van der Waals surface area (Å²) in [5.41, 5.74) is 8.91. The maximum absolute atomic E-state index is 3.58. The molecule has 0 bridgehead atoms. The van der Waals surface area contributed by atoms with Crippen molar-refractivity contribution < 1.29 is 0 Å². The monoisotopic (exact) mass is 307 g/mol. The molecule has 5 rings (SSSR count). The van der Waals surface area contributed by atoms with E-state index in [0.29, 0.717) is 0 Å². The molecule has 0 spiro atoms. The van der Waals surface area contributed by atoms with Crippen LogP contribution in [0.3, 0.4) is 0 Å². The highest BCUT2D eigenvalue weighted by Crippen LogP contribution is 2.48. The summed E-state index contributed by atoms with van der Waals surface area (Å²) in [4.78, 5) is 0. The fraction of sp³-hybridized carbons (Fsp3) is 0.0435. The second-order valence-corrected chi connectivity index (χ2v) is 6.43. The van der Waals surface area contributed by atoms with Crippen molar-refractivity contribution in [1.29, 1.82) is 0 Å². The Labute approximate surface area is 141 Å². The van der Waals surface area contributed by atoms with Gasteiger partial charge in [-0.05, 0) is 52.8 Å². The van der Waals surface area contributed by atoms with E-state index in [9.17, 15) is 0 Å². The minimum Gasteiger partial charge on any atom is -0.355 e. The smallest absolute Gasteiger partial charge is 0.0464 e. The number of hydrogen-bond donors (Lipinski definition) is 1. The maximum Gasteiger partial charge on any atom is 0.0464 e. The lowest BCUT2D eigenvalue weighted by Crippen LogP contribution is -1.92.